The lowest BCUT2D eigenvalue weighted by Gasteiger charge is -2.13. The van der Waals surface area contributed by atoms with E-state index in [2.05, 4.69) is 20.9 Å². The van der Waals surface area contributed by atoms with Crippen LogP contribution in [0.5, 0.6) is 0 Å². The van der Waals surface area contributed by atoms with Gasteiger partial charge in [-0.1, -0.05) is 42.1 Å². The number of nitrogens with zero attached hydrogens (tertiary/aromatic N) is 1. The highest BCUT2D eigenvalue weighted by Crippen LogP contribution is 2.32. The minimum absolute atomic E-state index is 0.475. The zero-order chi connectivity index (χ0) is 14.5. The van der Waals surface area contributed by atoms with Gasteiger partial charge in [0.05, 0.1) is 4.47 Å². The summed E-state index contributed by atoms with van der Waals surface area (Å²) in [5.74, 6) is -0.825. The van der Waals surface area contributed by atoms with Crippen molar-refractivity contribution in [2.24, 2.45) is 0 Å². The second-order valence-corrected chi connectivity index (χ2v) is 6.37. The normalized spacial score (nSPS) is 12.1. The molecule has 104 valence electrons. The molecule has 0 aliphatic heterocycles. The fourth-order valence-corrected chi connectivity index (χ4v) is 3.29. The summed E-state index contributed by atoms with van der Waals surface area (Å²) in [5.41, 5.74) is 2.06. The van der Waals surface area contributed by atoms with E-state index < -0.39 is 11.2 Å². The van der Waals surface area contributed by atoms with E-state index >= 15 is 0 Å². The molecule has 2 aromatic rings. The first-order valence-electron chi connectivity index (χ1n) is 6.12. The molecule has 3 nitrogen and oxygen atoms in total. The molecular weight excluding hydrogens is 338 g/mol. The molecule has 0 aliphatic rings. The second kappa shape index (κ2) is 6.90. The first-order valence-corrected chi connectivity index (χ1v) is 7.79. The van der Waals surface area contributed by atoms with Gasteiger partial charge in [-0.3, -0.25) is 4.79 Å². The van der Waals surface area contributed by atoms with Gasteiger partial charge in [-0.2, -0.15) is 0 Å². The molecule has 1 N–H and O–H groups in total. The van der Waals surface area contributed by atoms with Crippen molar-refractivity contribution in [3.05, 3.63) is 58.2 Å². The predicted molar refractivity (Wildman–Crippen MR) is 84.1 cm³/mol. The Balaban J connectivity index is 2.18. The number of carboxylic acid groups (broad SMARTS) is 1. The number of rotatable bonds is 5. The highest BCUT2D eigenvalue weighted by atomic mass is 79.9. The van der Waals surface area contributed by atoms with E-state index in [0.717, 1.165) is 15.6 Å². The molecule has 0 amide bonds. The summed E-state index contributed by atoms with van der Waals surface area (Å²) in [6, 6.07) is 11.5. The Labute approximate surface area is 130 Å². The topological polar surface area (TPSA) is 50.2 Å². The molecule has 0 fully saturated rings. The van der Waals surface area contributed by atoms with E-state index in [0.29, 0.717) is 11.4 Å². The summed E-state index contributed by atoms with van der Waals surface area (Å²) in [4.78, 5) is 15.7. The molecule has 1 aromatic carbocycles. The molecule has 1 unspecified atom stereocenters. The van der Waals surface area contributed by atoms with Gasteiger partial charge in [0.15, 0.2) is 0 Å². The fourth-order valence-electron chi connectivity index (χ4n) is 1.74. The number of aryl methyl sites for hydroxylation is 1. The molecule has 20 heavy (non-hydrogen) atoms. The van der Waals surface area contributed by atoms with Crippen LogP contribution in [0.1, 0.15) is 11.1 Å². The van der Waals surface area contributed by atoms with Crippen LogP contribution in [0.4, 0.5) is 0 Å². The van der Waals surface area contributed by atoms with Crippen molar-refractivity contribution in [3.8, 4) is 0 Å². The van der Waals surface area contributed by atoms with Crippen molar-refractivity contribution in [2.75, 3.05) is 0 Å². The molecule has 0 aliphatic carbocycles. The third-order valence-electron chi connectivity index (χ3n) is 2.84. The molecule has 0 spiro atoms. The largest absolute Gasteiger partial charge is 0.480 e. The van der Waals surface area contributed by atoms with Crippen LogP contribution in [0.2, 0.25) is 0 Å². The van der Waals surface area contributed by atoms with Crippen LogP contribution in [-0.4, -0.2) is 21.3 Å². The summed E-state index contributed by atoms with van der Waals surface area (Å²) in [5, 5.41) is 9.56. The highest BCUT2D eigenvalue weighted by molar-refractivity contribution is 9.10. The SMILES string of the molecule is Cc1ccnc(SC(Cc2ccccc2)C(=O)O)c1Br. The van der Waals surface area contributed by atoms with E-state index in [1.165, 1.54) is 11.8 Å². The van der Waals surface area contributed by atoms with Crippen LogP contribution in [0.15, 0.2) is 52.1 Å². The average molecular weight is 352 g/mol. The van der Waals surface area contributed by atoms with Crippen LogP contribution in [0, 0.1) is 6.92 Å². The van der Waals surface area contributed by atoms with Gasteiger partial charge in [0.2, 0.25) is 0 Å². The van der Waals surface area contributed by atoms with Crippen LogP contribution in [0.25, 0.3) is 0 Å². The summed E-state index contributed by atoms with van der Waals surface area (Å²) < 4.78 is 0.865. The molecule has 1 aromatic heterocycles. The van der Waals surface area contributed by atoms with Crippen molar-refractivity contribution >= 4 is 33.7 Å². The van der Waals surface area contributed by atoms with Crippen molar-refractivity contribution in [1.82, 2.24) is 4.98 Å². The number of carbonyl (C=O) groups is 1. The Kier molecular flexibility index (Phi) is 5.20. The molecule has 1 heterocycles. The van der Waals surface area contributed by atoms with Crippen LogP contribution >= 0.6 is 27.7 Å². The van der Waals surface area contributed by atoms with Crippen molar-refractivity contribution < 1.29 is 9.90 Å². The zero-order valence-corrected chi connectivity index (χ0v) is 13.3. The lowest BCUT2D eigenvalue weighted by Crippen LogP contribution is -2.19. The van der Waals surface area contributed by atoms with E-state index in [1.807, 2.05) is 43.3 Å². The van der Waals surface area contributed by atoms with Crippen molar-refractivity contribution in [1.29, 1.82) is 0 Å². The van der Waals surface area contributed by atoms with Gasteiger partial charge in [0.1, 0.15) is 10.3 Å². The maximum atomic E-state index is 11.4. The molecular formula is C15H14BrNO2S. The number of hydrogen-bond donors (Lipinski definition) is 1. The number of carboxylic acids is 1. The van der Waals surface area contributed by atoms with E-state index in [9.17, 15) is 9.90 Å². The van der Waals surface area contributed by atoms with E-state index in [1.54, 1.807) is 6.20 Å². The highest BCUT2D eigenvalue weighted by Gasteiger charge is 2.21. The standard InChI is InChI=1S/C15H14BrNO2S/c1-10-7-8-17-14(13(10)16)20-12(15(18)19)9-11-5-3-2-4-6-11/h2-8,12H,9H2,1H3,(H,18,19). The number of aliphatic carboxylic acids is 1. The molecule has 0 bridgehead atoms. The maximum absolute atomic E-state index is 11.4. The van der Waals surface area contributed by atoms with Gasteiger partial charge in [0, 0.05) is 6.20 Å². The number of pyridine rings is 1. The first-order chi connectivity index (χ1) is 9.58. The van der Waals surface area contributed by atoms with E-state index in [-0.39, 0.29) is 0 Å². The number of thioether (sulfide) groups is 1. The van der Waals surface area contributed by atoms with Gasteiger partial charge in [-0.25, -0.2) is 4.98 Å². The van der Waals surface area contributed by atoms with Gasteiger partial charge in [0.25, 0.3) is 0 Å². The number of benzene rings is 1. The van der Waals surface area contributed by atoms with Gasteiger partial charge >= 0.3 is 5.97 Å². The zero-order valence-electron chi connectivity index (χ0n) is 10.9. The minimum atomic E-state index is -0.825. The van der Waals surface area contributed by atoms with Crippen LogP contribution in [-0.2, 0) is 11.2 Å². The third kappa shape index (κ3) is 3.84. The van der Waals surface area contributed by atoms with Gasteiger partial charge in [-0.15, -0.1) is 0 Å². The Morgan fingerprint density at radius 3 is 2.70 bits per heavy atom. The molecule has 1 atom stereocenters. The quantitative estimate of drug-likeness (QED) is 0.828. The monoisotopic (exact) mass is 351 g/mol. The van der Waals surface area contributed by atoms with Crippen LogP contribution < -0.4 is 0 Å². The van der Waals surface area contributed by atoms with Gasteiger partial charge < -0.3 is 5.11 Å². The lowest BCUT2D eigenvalue weighted by molar-refractivity contribution is -0.136. The lowest BCUT2D eigenvalue weighted by atomic mass is 10.1. The van der Waals surface area contributed by atoms with Crippen molar-refractivity contribution in [2.45, 2.75) is 23.6 Å². The summed E-state index contributed by atoms with van der Waals surface area (Å²) in [7, 11) is 0. The predicted octanol–water partition coefficient (Wildman–Crippen LogP) is 3.94. The second-order valence-electron chi connectivity index (χ2n) is 4.38. The average Bonchev–Trinajstić information content (AvgIpc) is 2.44. The molecule has 2 rings (SSSR count). The molecule has 0 radical (unpaired) electrons. The number of hydrogen-bond acceptors (Lipinski definition) is 3. The van der Waals surface area contributed by atoms with Crippen molar-refractivity contribution in [3.63, 3.8) is 0 Å². The minimum Gasteiger partial charge on any atom is -0.480 e. The molecule has 5 heteroatoms. The maximum Gasteiger partial charge on any atom is 0.317 e. The number of aromatic nitrogens is 1. The summed E-state index contributed by atoms with van der Waals surface area (Å²) >= 11 is 4.74. The smallest absolute Gasteiger partial charge is 0.317 e. The third-order valence-corrected chi connectivity index (χ3v) is 5.29. The molecule has 0 saturated carbocycles. The Morgan fingerprint density at radius 1 is 1.35 bits per heavy atom. The van der Waals surface area contributed by atoms with E-state index in [4.69, 9.17) is 0 Å². The number of halogens is 1. The van der Waals surface area contributed by atoms with Crippen LogP contribution in [0.3, 0.4) is 0 Å². The first kappa shape index (κ1) is 15.1. The summed E-state index contributed by atoms with van der Waals surface area (Å²) in [6.45, 7) is 1.96. The Morgan fingerprint density at radius 2 is 2.05 bits per heavy atom. The summed E-state index contributed by atoms with van der Waals surface area (Å²) in [6.07, 6.45) is 2.17. The fraction of sp³-hybridized carbons (Fsp3) is 0.200. The Bertz CT molecular complexity index is 604. The Hall–Kier alpha value is -1.33. The van der Waals surface area contributed by atoms with Gasteiger partial charge in [-0.05, 0) is 46.5 Å². The molecule has 0 saturated heterocycles.